The second kappa shape index (κ2) is 13.2. The van der Waals surface area contributed by atoms with E-state index in [2.05, 4.69) is 23.0 Å². The summed E-state index contributed by atoms with van der Waals surface area (Å²) in [5, 5.41) is 13.4. The van der Waals surface area contributed by atoms with Crippen molar-refractivity contribution in [1.29, 1.82) is 0 Å². The van der Waals surface area contributed by atoms with Crippen LogP contribution in [-0.2, 0) is 18.7 Å². The highest BCUT2D eigenvalue weighted by Gasteiger charge is 2.33. The number of hydrogen-bond acceptors (Lipinski definition) is 5. The zero-order chi connectivity index (χ0) is 18.6. The summed E-state index contributed by atoms with van der Waals surface area (Å²) in [6, 6.07) is -0.874. The van der Waals surface area contributed by atoms with Crippen LogP contribution < -0.4 is 10.4 Å². The highest BCUT2D eigenvalue weighted by atomic mass is 35.5. The van der Waals surface area contributed by atoms with Gasteiger partial charge in [-0.25, -0.2) is 14.6 Å². The fourth-order valence-corrected chi connectivity index (χ4v) is 4.54. The van der Waals surface area contributed by atoms with E-state index in [1.165, 1.54) is 6.92 Å². The molecule has 3 N–H and O–H groups in total. The van der Waals surface area contributed by atoms with Gasteiger partial charge in [0.05, 0.1) is 6.61 Å². The number of alkyl halides is 2. The van der Waals surface area contributed by atoms with Gasteiger partial charge in [0.25, 0.3) is 0 Å². The predicted octanol–water partition coefficient (Wildman–Crippen LogP) is 1.39. The van der Waals surface area contributed by atoms with Crippen molar-refractivity contribution >= 4 is 55.4 Å². The predicted molar refractivity (Wildman–Crippen MR) is 98.3 cm³/mol. The SMILES string of the molecule is CC(=O)N[C@@H](CS)C(=O)O.O=P1(NCCCl)OCCCN1CCCl. The van der Waals surface area contributed by atoms with E-state index in [0.29, 0.717) is 31.5 Å². The second-order valence-electron chi connectivity index (χ2n) is 4.72. The van der Waals surface area contributed by atoms with E-state index < -0.39 is 19.7 Å². The van der Waals surface area contributed by atoms with Crippen molar-refractivity contribution in [3.8, 4) is 0 Å². The first kappa shape index (κ1) is 24.0. The van der Waals surface area contributed by atoms with Gasteiger partial charge in [0, 0.05) is 44.1 Å². The molecule has 0 aromatic rings. The molecule has 1 unspecified atom stereocenters. The fraction of sp³-hybridized carbons (Fsp3) is 0.833. The van der Waals surface area contributed by atoms with Gasteiger partial charge in [-0.3, -0.25) is 9.36 Å². The number of amides is 1. The number of carboxylic acid groups (broad SMARTS) is 1. The topological polar surface area (TPSA) is 108 Å². The Hall–Kier alpha value is -0.0200. The third kappa shape index (κ3) is 9.46. The molecule has 12 heteroatoms. The molecule has 0 bridgehead atoms. The van der Waals surface area contributed by atoms with E-state index in [0.717, 1.165) is 13.0 Å². The molecule has 0 aromatic heterocycles. The van der Waals surface area contributed by atoms with Crippen molar-refractivity contribution in [3.63, 3.8) is 0 Å². The van der Waals surface area contributed by atoms with Crippen LogP contribution in [0.25, 0.3) is 0 Å². The summed E-state index contributed by atoms with van der Waals surface area (Å²) in [5.41, 5.74) is 0. The Bertz CT molecular complexity index is 445. The lowest BCUT2D eigenvalue weighted by atomic mass is 10.3. The molecular weight excluding hydrogens is 400 g/mol. The number of nitrogens with one attached hydrogen (secondary N) is 2. The summed E-state index contributed by atoms with van der Waals surface area (Å²) in [4.78, 5) is 20.5. The van der Waals surface area contributed by atoms with Crippen molar-refractivity contribution in [2.45, 2.75) is 19.4 Å². The number of carbonyl (C=O) groups is 2. The van der Waals surface area contributed by atoms with Crippen molar-refractivity contribution in [3.05, 3.63) is 0 Å². The van der Waals surface area contributed by atoms with Gasteiger partial charge in [0.15, 0.2) is 0 Å². The van der Waals surface area contributed by atoms with Gasteiger partial charge in [-0.15, -0.1) is 23.2 Å². The molecule has 142 valence electrons. The summed E-state index contributed by atoms with van der Waals surface area (Å²) >= 11 is 14.9. The number of halogens is 2. The molecule has 0 radical (unpaired) electrons. The number of nitrogens with zero attached hydrogens (tertiary/aromatic N) is 1. The third-order valence-electron chi connectivity index (χ3n) is 2.81. The van der Waals surface area contributed by atoms with Gasteiger partial charge >= 0.3 is 13.6 Å². The summed E-state index contributed by atoms with van der Waals surface area (Å²) in [6.45, 7) is 3.62. The molecule has 1 saturated heterocycles. The van der Waals surface area contributed by atoms with Crippen LogP contribution in [-0.4, -0.2) is 71.4 Å². The van der Waals surface area contributed by atoms with Crippen molar-refractivity contribution in [2.24, 2.45) is 0 Å². The number of carbonyl (C=O) groups excluding carboxylic acids is 1. The molecule has 0 aromatic carbocycles. The first-order valence-electron chi connectivity index (χ1n) is 7.28. The molecule has 0 saturated carbocycles. The van der Waals surface area contributed by atoms with E-state index in [9.17, 15) is 14.2 Å². The zero-order valence-electron chi connectivity index (χ0n) is 13.4. The number of thiol groups is 1. The smallest absolute Gasteiger partial charge is 0.343 e. The average molecular weight is 424 g/mol. The number of rotatable bonds is 8. The first-order valence-corrected chi connectivity index (χ1v) is 10.6. The monoisotopic (exact) mass is 423 g/mol. The maximum Gasteiger partial charge on any atom is 0.343 e. The van der Waals surface area contributed by atoms with Crippen LogP contribution in [0.5, 0.6) is 0 Å². The number of aliphatic carboxylic acids is 1. The maximum absolute atomic E-state index is 12.2. The van der Waals surface area contributed by atoms with E-state index in [4.69, 9.17) is 32.8 Å². The largest absolute Gasteiger partial charge is 0.480 e. The molecule has 1 aliphatic heterocycles. The summed E-state index contributed by atoms with van der Waals surface area (Å²) < 4.78 is 19.2. The van der Waals surface area contributed by atoms with Crippen molar-refractivity contribution < 1.29 is 23.8 Å². The van der Waals surface area contributed by atoms with E-state index >= 15 is 0 Å². The minimum absolute atomic E-state index is 0.106. The van der Waals surface area contributed by atoms with Crippen LogP contribution in [0.3, 0.4) is 0 Å². The Balaban J connectivity index is 0.000000470. The minimum Gasteiger partial charge on any atom is -0.480 e. The van der Waals surface area contributed by atoms with Gasteiger partial charge in [0.1, 0.15) is 6.04 Å². The summed E-state index contributed by atoms with van der Waals surface area (Å²) in [7, 11) is -2.84. The second-order valence-corrected chi connectivity index (χ2v) is 8.02. The highest BCUT2D eigenvalue weighted by molar-refractivity contribution is 7.80. The Kier molecular flexibility index (Phi) is 13.2. The van der Waals surface area contributed by atoms with Crippen LogP contribution in [0, 0.1) is 0 Å². The molecule has 1 heterocycles. The molecule has 1 aliphatic rings. The van der Waals surface area contributed by atoms with Gasteiger partial charge in [-0.2, -0.15) is 12.6 Å². The minimum atomic E-state index is -2.84. The van der Waals surface area contributed by atoms with Crippen LogP contribution in [0.2, 0.25) is 0 Å². The van der Waals surface area contributed by atoms with Crippen LogP contribution >= 0.6 is 43.5 Å². The maximum atomic E-state index is 12.2. The molecule has 1 rings (SSSR count). The van der Waals surface area contributed by atoms with Crippen LogP contribution in [0.4, 0.5) is 0 Å². The highest BCUT2D eigenvalue weighted by Crippen LogP contribution is 2.48. The fourth-order valence-electron chi connectivity index (χ4n) is 1.75. The Labute approximate surface area is 157 Å². The molecule has 0 spiro atoms. The molecule has 24 heavy (non-hydrogen) atoms. The number of hydrogen-bond donors (Lipinski definition) is 4. The molecule has 1 amide bonds. The van der Waals surface area contributed by atoms with Gasteiger partial charge in [-0.1, -0.05) is 0 Å². The first-order chi connectivity index (χ1) is 11.3. The van der Waals surface area contributed by atoms with Gasteiger partial charge in [0.2, 0.25) is 5.91 Å². The normalized spacial score (nSPS) is 22.2. The molecule has 2 atom stereocenters. The molecule has 0 aliphatic carbocycles. The lowest BCUT2D eigenvalue weighted by molar-refractivity contribution is -0.140. The van der Waals surface area contributed by atoms with Gasteiger partial charge in [-0.05, 0) is 6.42 Å². The summed E-state index contributed by atoms with van der Waals surface area (Å²) in [5.74, 6) is -0.445. The standard InChI is InChI=1S/C7H15Cl2N2O2P.C5H9NO3S/c8-2-4-10-14(12)11(6-3-9)5-1-7-13-14;1-3(7)6-4(2-10)5(8)9/h1-7H2,(H,10,12);4,10H,2H2,1H3,(H,6,7)(H,8,9)/t;4-/m.0/s1. The lowest BCUT2D eigenvalue weighted by Gasteiger charge is -2.34. The van der Waals surface area contributed by atoms with Crippen LogP contribution in [0.1, 0.15) is 13.3 Å². The zero-order valence-corrected chi connectivity index (χ0v) is 16.7. The Morgan fingerprint density at radius 2 is 2.08 bits per heavy atom. The molecular formula is C12H24Cl2N3O5PS. The van der Waals surface area contributed by atoms with Crippen molar-refractivity contribution in [1.82, 2.24) is 15.1 Å². The Morgan fingerprint density at radius 3 is 2.50 bits per heavy atom. The lowest BCUT2D eigenvalue weighted by Crippen LogP contribution is -2.40. The third-order valence-corrected chi connectivity index (χ3v) is 5.83. The van der Waals surface area contributed by atoms with E-state index in [-0.39, 0.29) is 11.7 Å². The van der Waals surface area contributed by atoms with Crippen LogP contribution in [0.15, 0.2) is 0 Å². The Morgan fingerprint density at radius 1 is 1.42 bits per heavy atom. The average Bonchev–Trinajstić information content (AvgIpc) is 2.53. The van der Waals surface area contributed by atoms with Crippen molar-refractivity contribution in [2.75, 3.05) is 43.8 Å². The van der Waals surface area contributed by atoms with Gasteiger partial charge < -0.3 is 14.9 Å². The quantitative estimate of drug-likeness (QED) is 0.265. The van der Waals surface area contributed by atoms with E-state index in [1.54, 1.807) is 4.67 Å². The number of carboxylic acids is 1. The summed E-state index contributed by atoms with van der Waals surface area (Å²) in [6.07, 6.45) is 0.892. The van der Waals surface area contributed by atoms with E-state index in [1.807, 2.05) is 0 Å². The molecule has 8 nitrogen and oxygen atoms in total. The molecule has 1 fully saturated rings.